The average molecular weight is 153 g/mol. The third kappa shape index (κ3) is 1.24. The number of aromatic carboxylic acids is 1. The number of hydrogen-bond acceptors (Lipinski definition) is 3. The van der Waals surface area contributed by atoms with Crippen molar-refractivity contribution < 1.29 is 9.90 Å². The van der Waals surface area contributed by atoms with Crippen LogP contribution >= 0.6 is 0 Å². The number of carboxylic acids is 1. The zero-order valence-corrected chi connectivity index (χ0v) is 6.50. The fraction of sp³-hybridized carbons (Fsp3) is 0.429. The quantitative estimate of drug-likeness (QED) is 0.579. The van der Waals surface area contributed by atoms with Gasteiger partial charge in [0, 0.05) is 17.8 Å². The molecule has 0 aliphatic carbocycles. The standard InChI is InChI=1S/C7H10N2O2/c1-3-9-5(2)6(4-8-9)7(10)11/h4H,3H2,1-2H3,(H,10,11)/p-1. The van der Waals surface area contributed by atoms with Gasteiger partial charge in [-0.3, -0.25) is 4.68 Å². The first-order valence-electron chi connectivity index (χ1n) is 3.40. The molecular formula is C7H9N2O2-. The number of carboxylic acid groups (broad SMARTS) is 1. The lowest BCUT2D eigenvalue weighted by Gasteiger charge is -2.01. The molecule has 0 saturated heterocycles. The van der Waals surface area contributed by atoms with Crippen LogP contribution in [0.5, 0.6) is 0 Å². The van der Waals surface area contributed by atoms with Gasteiger partial charge in [0.2, 0.25) is 0 Å². The van der Waals surface area contributed by atoms with Gasteiger partial charge in [0.1, 0.15) is 0 Å². The number of aryl methyl sites for hydroxylation is 1. The number of hydrogen-bond donors (Lipinski definition) is 0. The van der Waals surface area contributed by atoms with E-state index in [1.165, 1.54) is 6.20 Å². The molecule has 0 saturated carbocycles. The number of carbonyl (C=O) groups excluding carboxylic acids is 1. The summed E-state index contributed by atoms with van der Waals surface area (Å²) in [6.07, 6.45) is 1.31. The Balaban J connectivity index is 3.10. The van der Waals surface area contributed by atoms with E-state index in [-0.39, 0.29) is 5.56 Å². The summed E-state index contributed by atoms with van der Waals surface area (Å²) in [5.41, 5.74) is 0.819. The lowest BCUT2D eigenvalue weighted by molar-refractivity contribution is -0.255. The highest BCUT2D eigenvalue weighted by Crippen LogP contribution is 2.04. The minimum atomic E-state index is -1.16. The second-order valence-corrected chi connectivity index (χ2v) is 2.25. The van der Waals surface area contributed by atoms with E-state index < -0.39 is 5.97 Å². The molecule has 0 aliphatic rings. The van der Waals surface area contributed by atoms with Gasteiger partial charge in [-0.05, 0) is 13.8 Å². The summed E-state index contributed by atoms with van der Waals surface area (Å²) in [6.45, 7) is 4.29. The van der Waals surface area contributed by atoms with Gasteiger partial charge in [-0.1, -0.05) is 0 Å². The molecule has 4 nitrogen and oxygen atoms in total. The maximum absolute atomic E-state index is 10.4. The minimum absolute atomic E-state index is 0.173. The van der Waals surface area contributed by atoms with E-state index in [4.69, 9.17) is 0 Å². The molecule has 0 amide bonds. The van der Waals surface area contributed by atoms with Crippen molar-refractivity contribution in [2.75, 3.05) is 0 Å². The van der Waals surface area contributed by atoms with Gasteiger partial charge in [-0.2, -0.15) is 5.10 Å². The van der Waals surface area contributed by atoms with E-state index in [1.807, 2.05) is 6.92 Å². The van der Waals surface area contributed by atoms with Crippen molar-refractivity contribution in [3.05, 3.63) is 17.5 Å². The molecular weight excluding hydrogens is 144 g/mol. The van der Waals surface area contributed by atoms with E-state index in [9.17, 15) is 9.90 Å². The predicted octanol–water partition coefficient (Wildman–Crippen LogP) is -0.425. The van der Waals surface area contributed by atoms with Crippen LogP contribution in [0.1, 0.15) is 23.0 Å². The second-order valence-electron chi connectivity index (χ2n) is 2.25. The number of carbonyl (C=O) groups is 1. The summed E-state index contributed by atoms with van der Waals surface area (Å²) in [5.74, 6) is -1.16. The van der Waals surface area contributed by atoms with Gasteiger partial charge in [-0.25, -0.2) is 0 Å². The molecule has 0 N–H and O–H groups in total. The van der Waals surface area contributed by atoms with E-state index in [0.29, 0.717) is 12.2 Å². The number of rotatable bonds is 2. The maximum atomic E-state index is 10.4. The molecule has 4 heteroatoms. The van der Waals surface area contributed by atoms with Crippen LogP contribution in [0.4, 0.5) is 0 Å². The fourth-order valence-electron chi connectivity index (χ4n) is 0.966. The summed E-state index contributed by atoms with van der Waals surface area (Å²) in [4.78, 5) is 10.4. The molecule has 0 aliphatic heterocycles. The van der Waals surface area contributed by atoms with Crippen molar-refractivity contribution in [2.45, 2.75) is 20.4 Å². The van der Waals surface area contributed by atoms with E-state index in [2.05, 4.69) is 5.10 Å². The smallest absolute Gasteiger partial charge is 0.0749 e. The van der Waals surface area contributed by atoms with E-state index in [0.717, 1.165) is 0 Å². The maximum Gasteiger partial charge on any atom is 0.0749 e. The van der Waals surface area contributed by atoms with Crippen LogP contribution in [0.2, 0.25) is 0 Å². The SMILES string of the molecule is CCn1ncc(C(=O)[O-])c1C. The van der Waals surface area contributed by atoms with Crippen molar-refractivity contribution in [3.8, 4) is 0 Å². The predicted molar refractivity (Wildman–Crippen MR) is 37.0 cm³/mol. The number of nitrogens with zero attached hydrogens (tertiary/aromatic N) is 2. The molecule has 1 aromatic rings. The summed E-state index contributed by atoms with van der Waals surface area (Å²) in [6, 6.07) is 0. The van der Waals surface area contributed by atoms with E-state index >= 15 is 0 Å². The molecule has 1 heterocycles. The van der Waals surface area contributed by atoms with Crippen LogP contribution in [0, 0.1) is 6.92 Å². The van der Waals surface area contributed by atoms with Gasteiger partial charge < -0.3 is 9.90 Å². The summed E-state index contributed by atoms with van der Waals surface area (Å²) >= 11 is 0. The van der Waals surface area contributed by atoms with Gasteiger partial charge in [0.15, 0.2) is 0 Å². The van der Waals surface area contributed by atoms with Crippen molar-refractivity contribution >= 4 is 5.97 Å². The van der Waals surface area contributed by atoms with Crippen LogP contribution < -0.4 is 5.11 Å². The highest BCUT2D eigenvalue weighted by molar-refractivity contribution is 5.86. The molecule has 0 unspecified atom stereocenters. The third-order valence-electron chi connectivity index (χ3n) is 1.62. The first kappa shape index (κ1) is 7.78. The molecule has 0 spiro atoms. The zero-order chi connectivity index (χ0) is 8.43. The summed E-state index contributed by atoms with van der Waals surface area (Å²) in [5, 5.41) is 14.2. The molecule has 60 valence electrons. The highest BCUT2D eigenvalue weighted by Gasteiger charge is 2.04. The van der Waals surface area contributed by atoms with Crippen LogP contribution in [0.25, 0.3) is 0 Å². The topological polar surface area (TPSA) is 58.0 Å². The largest absolute Gasteiger partial charge is 0.545 e. The molecule has 0 radical (unpaired) electrons. The zero-order valence-electron chi connectivity index (χ0n) is 6.50. The highest BCUT2D eigenvalue weighted by atomic mass is 16.4. The van der Waals surface area contributed by atoms with Crippen LogP contribution in [-0.2, 0) is 6.54 Å². The Morgan fingerprint density at radius 3 is 2.73 bits per heavy atom. The minimum Gasteiger partial charge on any atom is -0.545 e. The summed E-state index contributed by atoms with van der Waals surface area (Å²) < 4.78 is 1.62. The molecule has 1 aromatic heterocycles. The Morgan fingerprint density at radius 1 is 1.82 bits per heavy atom. The van der Waals surface area contributed by atoms with Crippen LogP contribution in [0.15, 0.2) is 6.20 Å². The lowest BCUT2D eigenvalue weighted by atomic mass is 10.3. The Bertz CT molecular complexity index is 278. The Kier molecular flexibility index (Phi) is 1.94. The van der Waals surface area contributed by atoms with Crippen LogP contribution in [0.3, 0.4) is 0 Å². The monoisotopic (exact) mass is 153 g/mol. The van der Waals surface area contributed by atoms with Crippen LogP contribution in [-0.4, -0.2) is 15.7 Å². The van der Waals surface area contributed by atoms with Gasteiger partial charge in [0.25, 0.3) is 0 Å². The molecule has 0 atom stereocenters. The average Bonchev–Trinajstić information content (AvgIpc) is 2.30. The lowest BCUT2D eigenvalue weighted by Crippen LogP contribution is -2.22. The fourth-order valence-corrected chi connectivity index (χ4v) is 0.966. The molecule has 0 bridgehead atoms. The number of aromatic nitrogens is 2. The normalized spacial score (nSPS) is 10.0. The van der Waals surface area contributed by atoms with Gasteiger partial charge in [-0.15, -0.1) is 0 Å². The van der Waals surface area contributed by atoms with Gasteiger partial charge in [0.05, 0.1) is 12.2 Å². The van der Waals surface area contributed by atoms with Crippen molar-refractivity contribution in [2.24, 2.45) is 0 Å². The first-order valence-corrected chi connectivity index (χ1v) is 3.40. The first-order chi connectivity index (χ1) is 5.16. The second kappa shape index (κ2) is 2.74. The van der Waals surface area contributed by atoms with Crippen molar-refractivity contribution in [1.29, 1.82) is 0 Å². The van der Waals surface area contributed by atoms with E-state index in [1.54, 1.807) is 11.6 Å². The van der Waals surface area contributed by atoms with Crippen molar-refractivity contribution in [3.63, 3.8) is 0 Å². The Hall–Kier alpha value is -1.32. The molecule has 11 heavy (non-hydrogen) atoms. The van der Waals surface area contributed by atoms with Crippen molar-refractivity contribution in [1.82, 2.24) is 9.78 Å². The van der Waals surface area contributed by atoms with Gasteiger partial charge >= 0.3 is 0 Å². The molecule has 0 aromatic carbocycles. The molecule has 1 rings (SSSR count). The third-order valence-corrected chi connectivity index (χ3v) is 1.62. The Labute approximate surface area is 64.5 Å². The summed E-state index contributed by atoms with van der Waals surface area (Å²) in [7, 11) is 0. The molecule has 0 fully saturated rings. The Morgan fingerprint density at radius 2 is 2.45 bits per heavy atom.